The number of rotatable bonds is 3. The van der Waals surface area contributed by atoms with Crippen molar-refractivity contribution in [2.24, 2.45) is 0 Å². The van der Waals surface area contributed by atoms with Gasteiger partial charge in [0, 0.05) is 11.4 Å². The van der Waals surface area contributed by atoms with E-state index >= 15 is 0 Å². The van der Waals surface area contributed by atoms with Gasteiger partial charge in [-0.25, -0.2) is 9.37 Å². The second-order valence-electron chi connectivity index (χ2n) is 8.13. The second-order valence-corrected chi connectivity index (χ2v) is 8.13. The average Bonchev–Trinajstić information content (AvgIpc) is 3.15. The number of nitrogens with zero attached hydrogens (tertiary/aromatic N) is 1. The molecule has 2 saturated carbocycles. The maximum atomic E-state index is 14.2. The lowest BCUT2D eigenvalue weighted by Crippen LogP contribution is -2.49. The predicted octanol–water partition coefficient (Wildman–Crippen LogP) is 5.00. The molecule has 0 bridgehead atoms. The number of carbonyl (C=O) groups is 1. The molecule has 1 amide bonds. The number of pyridine rings is 1. The smallest absolute Gasteiger partial charge is 0.269 e. The standard InChI is InChI=1S/C21H30BFN2O/c22-21(14-8-4-2-1-3-5-9-15-21)25-20(26)18-13-12-17(23)19(24-18)16-10-6-7-11-16/h12-13,16H,1-11,14-15H2,(H,25,26). The van der Waals surface area contributed by atoms with Gasteiger partial charge in [-0.1, -0.05) is 57.8 Å². The van der Waals surface area contributed by atoms with Crippen LogP contribution < -0.4 is 5.32 Å². The van der Waals surface area contributed by atoms with Gasteiger partial charge in [-0.2, -0.15) is 0 Å². The van der Waals surface area contributed by atoms with Gasteiger partial charge in [0.1, 0.15) is 19.4 Å². The number of halogens is 1. The van der Waals surface area contributed by atoms with Crippen LogP contribution in [0.3, 0.4) is 0 Å². The van der Waals surface area contributed by atoms with Crippen molar-refractivity contribution >= 4 is 13.8 Å². The number of amides is 1. The zero-order valence-electron chi connectivity index (χ0n) is 15.7. The monoisotopic (exact) mass is 356 g/mol. The van der Waals surface area contributed by atoms with Crippen LogP contribution in [-0.2, 0) is 0 Å². The third-order valence-corrected chi connectivity index (χ3v) is 5.96. The molecule has 0 aliphatic heterocycles. The van der Waals surface area contributed by atoms with E-state index in [9.17, 15) is 9.18 Å². The minimum atomic E-state index is -0.683. The summed E-state index contributed by atoms with van der Waals surface area (Å²) in [5, 5.41) is 3.02. The molecular formula is C21H30BFN2O. The van der Waals surface area contributed by atoms with Crippen LogP contribution in [0, 0.1) is 5.82 Å². The van der Waals surface area contributed by atoms with E-state index in [0.717, 1.165) is 64.2 Å². The summed E-state index contributed by atoms with van der Waals surface area (Å²) >= 11 is 0. The normalized spacial score (nSPS) is 22.0. The first-order valence-electron chi connectivity index (χ1n) is 10.4. The van der Waals surface area contributed by atoms with Crippen LogP contribution >= 0.6 is 0 Å². The minimum Gasteiger partial charge on any atom is -0.354 e. The van der Waals surface area contributed by atoms with Gasteiger partial charge in [0.2, 0.25) is 0 Å². The topological polar surface area (TPSA) is 42.0 Å². The molecule has 0 atom stereocenters. The summed E-state index contributed by atoms with van der Waals surface area (Å²) in [7, 11) is 6.54. The van der Waals surface area contributed by atoms with E-state index in [1.54, 1.807) is 0 Å². The van der Waals surface area contributed by atoms with Crippen molar-refractivity contribution in [2.75, 3.05) is 0 Å². The third-order valence-electron chi connectivity index (χ3n) is 5.96. The lowest BCUT2D eigenvalue weighted by Gasteiger charge is -2.32. The number of hydrogen-bond donors (Lipinski definition) is 1. The fourth-order valence-electron chi connectivity index (χ4n) is 4.37. The Morgan fingerprint density at radius 3 is 2.19 bits per heavy atom. The summed E-state index contributed by atoms with van der Waals surface area (Å²) in [4.78, 5) is 17.2. The van der Waals surface area contributed by atoms with Gasteiger partial charge in [0.05, 0.1) is 5.69 Å². The van der Waals surface area contributed by atoms with Gasteiger partial charge in [0.15, 0.2) is 0 Å². The molecule has 1 heterocycles. The third kappa shape index (κ3) is 5.08. The second kappa shape index (κ2) is 9.01. The van der Waals surface area contributed by atoms with Crippen molar-refractivity contribution in [3.05, 3.63) is 29.3 Å². The maximum Gasteiger partial charge on any atom is 0.269 e. The molecule has 2 radical (unpaired) electrons. The quantitative estimate of drug-likeness (QED) is 0.775. The number of hydrogen-bond acceptors (Lipinski definition) is 2. The fraction of sp³-hybridized carbons (Fsp3) is 0.714. The molecule has 1 N–H and O–H groups in total. The van der Waals surface area contributed by atoms with E-state index in [1.807, 2.05) is 0 Å². The van der Waals surface area contributed by atoms with E-state index in [1.165, 1.54) is 31.4 Å². The highest BCUT2D eigenvalue weighted by Gasteiger charge is 2.28. The summed E-state index contributed by atoms with van der Waals surface area (Å²) in [6.07, 6.45) is 13.9. The van der Waals surface area contributed by atoms with Crippen LogP contribution in [0.25, 0.3) is 0 Å². The molecule has 2 aliphatic rings. The predicted molar refractivity (Wildman–Crippen MR) is 103 cm³/mol. The highest BCUT2D eigenvalue weighted by molar-refractivity contribution is 6.17. The van der Waals surface area contributed by atoms with Crippen LogP contribution in [0.1, 0.15) is 106 Å². The van der Waals surface area contributed by atoms with Gasteiger partial charge in [-0.15, -0.1) is 0 Å². The van der Waals surface area contributed by atoms with Crippen LogP contribution in [-0.4, -0.2) is 24.2 Å². The van der Waals surface area contributed by atoms with Crippen LogP contribution in [0.5, 0.6) is 0 Å². The Labute approximate surface area is 158 Å². The molecule has 0 spiro atoms. The van der Waals surface area contributed by atoms with Crippen LogP contribution in [0.15, 0.2) is 12.1 Å². The first-order chi connectivity index (χ1) is 12.6. The highest BCUT2D eigenvalue weighted by Crippen LogP contribution is 2.34. The molecular weight excluding hydrogens is 326 g/mol. The highest BCUT2D eigenvalue weighted by atomic mass is 19.1. The number of nitrogens with one attached hydrogen (secondary N) is 1. The van der Waals surface area contributed by atoms with Crippen LogP contribution in [0.2, 0.25) is 0 Å². The van der Waals surface area contributed by atoms with Crippen molar-refractivity contribution in [2.45, 2.75) is 94.8 Å². The van der Waals surface area contributed by atoms with Gasteiger partial charge in [0.25, 0.3) is 5.91 Å². The van der Waals surface area contributed by atoms with Crippen molar-refractivity contribution < 1.29 is 9.18 Å². The first-order valence-corrected chi connectivity index (χ1v) is 10.4. The molecule has 5 heteroatoms. The summed E-state index contributed by atoms with van der Waals surface area (Å²) in [5.41, 5.74) is 0.0558. The largest absolute Gasteiger partial charge is 0.354 e. The van der Waals surface area contributed by atoms with E-state index in [2.05, 4.69) is 10.3 Å². The van der Waals surface area contributed by atoms with E-state index in [-0.39, 0.29) is 23.3 Å². The van der Waals surface area contributed by atoms with Crippen molar-refractivity contribution in [3.63, 3.8) is 0 Å². The SMILES string of the molecule is [B]C1(NC(=O)c2ccc(F)c(C3CCCC3)n2)CCCCCCCCC1. The van der Waals surface area contributed by atoms with Crippen molar-refractivity contribution in [1.82, 2.24) is 10.3 Å². The van der Waals surface area contributed by atoms with E-state index < -0.39 is 5.44 Å². The Hall–Kier alpha value is -1.39. The number of aromatic nitrogens is 1. The zero-order chi connectivity index (χ0) is 18.4. The molecule has 0 saturated heterocycles. The van der Waals surface area contributed by atoms with Gasteiger partial charge < -0.3 is 5.32 Å². The molecule has 140 valence electrons. The molecule has 0 unspecified atom stereocenters. The van der Waals surface area contributed by atoms with Gasteiger partial charge in [-0.05, 0) is 37.8 Å². The van der Waals surface area contributed by atoms with Gasteiger partial charge >= 0.3 is 0 Å². The average molecular weight is 356 g/mol. The molecule has 1 aromatic rings. The molecule has 3 nitrogen and oxygen atoms in total. The summed E-state index contributed by atoms with van der Waals surface area (Å²) in [5.74, 6) is -0.429. The van der Waals surface area contributed by atoms with Crippen LogP contribution in [0.4, 0.5) is 4.39 Å². The fourth-order valence-corrected chi connectivity index (χ4v) is 4.37. The zero-order valence-corrected chi connectivity index (χ0v) is 15.7. The molecule has 2 fully saturated rings. The van der Waals surface area contributed by atoms with Gasteiger partial charge in [-0.3, -0.25) is 4.79 Å². The lowest BCUT2D eigenvalue weighted by atomic mass is 9.69. The van der Waals surface area contributed by atoms with E-state index in [4.69, 9.17) is 7.85 Å². The van der Waals surface area contributed by atoms with Crippen molar-refractivity contribution in [3.8, 4) is 0 Å². The Balaban J connectivity index is 1.70. The lowest BCUT2D eigenvalue weighted by molar-refractivity contribution is 0.0913. The number of carbonyl (C=O) groups excluding carboxylic acids is 1. The molecule has 3 rings (SSSR count). The summed E-state index contributed by atoms with van der Waals surface area (Å²) in [6, 6.07) is 2.86. The molecule has 2 aliphatic carbocycles. The maximum absolute atomic E-state index is 14.2. The summed E-state index contributed by atoms with van der Waals surface area (Å²) in [6.45, 7) is 0. The van der Waals surface area contributed by atoms with E-state index in [0.29, 0.717) is 5.69 Å². The Bertz CT molecular complexity index is 606. The molecule has 1 aromatic heterocycles. The Morgan fingerprint density at radius 1 is 1.00 bits per heavy atom. The first kappa shape index (κ1) is 19.4. The Morgan fingerprint density at radius 2 is 1.58 bits per heavy atom. The van der Waals surface area contributed by atoms with Crippen molar-refractivity contribution in [1.29, 1.82) is 0 Å². The Kier molecular flexibility index (Phi) is 6.71. The molecule has 26 heavy (non-hydrogen) atoms. The molecule has 0 aromatic carbocycles. The summed E-state index contributed by atoms with van der Waals surface area (Å²) < 4.78 is 14.2. The minimum absolute atomic E-state index is 0.142.